The molecule has 0 aliphatic carbocycles. The van der Waals surface area contributed by atoms with Crippen molar-refractivity contribution in [3.05, 3.63) is 55.0 Å². The van der Waals surface area contributed by atoms with Gasteiger partial charge in [-0.1, -0.05) is 12.5 Å². The molecule has 0 radical (unpaired) electrons. The molecule has 30 heavy (non-hydrogen) atoms. The van der Waals surface area contributed by atoms with Crippen LogP contribution in [0.2, 0.25) is 0 Å². The van der Waals surface area contributed by atoms with Crippen LogP contribution in [0.4, 0.5) is 17.2 Å². The molecule has 1 aromatic carbocycles. The zero-order chi connectivity index (χ0) is 20.8. The minimum atomic E-state index is -0.130. The smallest absolute Gasteiger partial charge is 0.241 e. The standard InChI is InChI=1S/C22H24N6O2/c1-30-22-17(8-5-11-24-22)19-13-20(26-14-25-19)27-15-6-4-7-16(12-15)28-21(29)18-9-2-3-10-23-18/h4-8,11-14,18,23H,2-3,9-10H2,1H3,(H,28,29)(H,25,26,27)/t18-/m0/s1. The van der Waals surface area contributed by atoms with Crippen molar-refractivity contribution >= 4 is 23.1 Å². The molecule has 1 saturated heterocycles. The van der Waals surface area contributed by atoms with Crippen molar-refractivity contribution in [3.63, 3.8) is 0 Å². The number of carbonyl (C=O) groups excluding carboxylic acids is 1. The van der Waals surface area contributed by atoms with Gasteiger partial charge in [-0.05, 0) is 49.7 Å². The number of benzene rings is 1. The zero-order valence-corrected chi connectivity index (χ0v) is 16.8. The Kier molecular flexibility index (Phi) is 6.14. The Morgan fingerprint density at radius 2 is 2.00 bits per heavy atom. The fraction of sp³-hybridized carbons (Fsp3) is 0.273. The summed E-state index contributed by atoms with van der Waals surface area (Å²) in [5.74, 6) is 1.13. The number of rotatable bonds is 6. The van der Waals surface area contributed by atoms with Gasteiger partial charge in [-0.25, -0.2) is 15.0 Å². The van der Waals surface area contributed by atoms with Crippen LogP contribution in [-0.4, -0.2) is 40.6 Å². The van der Waals surface area contributed by atoms with Gasteiger partial charge in [0, 0.05) is 23.6 Å². The van der Waals surface area contributed by atoms with Crippen molar-refractivity contribution in [2.75, 3.05) is 24.3 Å². The highest BCUT2D eigenvalue weighted by Gasteiger charge is 2.20. The minimum absolute atomic E-state index is 0.000144. The van der Waals surface area contributed by atoms with Gasteiger partial charge in [0.05, 0.1) is 24.4 Å². The lowest BCUT2D eigenvalue weighted by atomic mass is 10.0. The predicted octanol–water partition coefficient (Wildman–Crippen LogP) is 3.37. The highest BCUT2D eigenvalue weighted by atomic mass is 16.5. The molecule has 0 unspecified atom stereocenters. The molecule has 1 amide bonds. The number of aromatic nitrogens is 3. The Morgan fingerprint density at radius 1 is 1.10 bits per heavy atom. The molecule has 1 fully saturated rings. The lowest BCUT2D eigenvalue weighted by Gasteiger charge is -2.22. The number of piperidine rings is 1. The first-order valence-corrected chi connectivity index (χ1v) is 9.96. The Labute approximate surface area is 175 Å². The Bertz CT molecular complexity index is 1020. The van der Waals surface area contributed by atoms with Gasteiger partial charge < -0.3 is 20.7 Å². The molecular weight excluding hydrogens is 380 g/mol. The second-order valence-electron chi connectivity index (χ2n) is 7.05. The van der Waals surface area contributed by atoms with E-state index in [0.717, 1.165) is 42.7 Å². The van der Waals surface area contributed by atoms with Gasteiger partial charge in [-0.15, -0.1) is 0 Å². The largest absolute Gasteiger partial charge is 0.481 e. The summed E-state index contributed by atoms with van der Waals surface area (Å²) in [6.07, 6.45) is 6.22. The van der Waals surface area contributed by atoms with Crippen LogP contribution < -0.4 is 20.7 Å². The van der Waals surface area contributed by atoms with Gasteiger partial charge in [0.2, 0.25) is 11.8 Å². The third-order valence-corrected chi connectivity index (χ3v) is 4.94. The molecule has 154 valence electrons. The van der Waals surface area contributed by atoms with Crippen molar-refractivity contribution in [2.45, 2.75) is 25.3 Å². The van der Waals surface area contributed by atoms with Crippen LogP contribution in [0.25, 0.3) is 11.3 Å². The normalized spacial score (nSPS) is 16.0. The molecule has 1 aliphatic rings. The second kappa shape index (κ2) is 9.32. The first kappa shape index (κ1) is 19.8. The summed E-state index contributed by atoms with van der Waals surface area (Å²) in [5, 5.41) is 9.52. The second-order valence-corrected chi connectivity index (χ2v) is 7.05. The SMILES string of the molecule is COc1ncccc1-c1cc(Nc2cccc(NC(=O)[C@@H]3CCCCN3)c2)ncn1. The molecule has 0 saturated carbocycles. The summed E-state index contributed by atoms with van der Waals surface area (Å²) in [6.45, 7) is 0.886. The van der Waals surface area contributed by atoms with Gasteiger partial charge in [-0.3, -0.25) is 4.79 Å². The van der Waals surface area contributed by atoms with Gasteiger partial charge in [0.25, 0.3) is 0 Å². The van der Waals surface area contributed by atoms with Crippen LogP contribution in [0.3, 0.4) is 0 Å². The average Bonchev–Trinajstić information content (AvgIpc) is 2.80. The first-order valence-electron chi connectivity index (χ1n) is 9.96. The number of nitrogens with zero attached hydrogens (tertiary/aromatic N) is 3. The Hall–Kier alpha value is -3.52. The van der Waals surface area contributed by atoms with Crippen molar-refractivity contribution < 1.29 is 9.53 Å². The van der Waals surface area contributed by atoms with Gasteiger partial charge in [0.15, 0.2) is 0 Å². The van der Waals surface area contributed by atoms with Gasteiger partial charge in [-0.2, -0.15) is 0 Å². The number of pyridine rings is 1. The number of hydrogen-bond acceptors (Lipinski definition) is 7. The molecule has 4 rings (SSSR count). The first-order chi connectivity index (χ1) is 14.7. The summed E-state index contributed by atoms with van der Waals surface area (Å²) in [4.78, 5) is 25.3. The lowest BCUT2D eigenvalue weighted by molar-refractivity contribution is -0.118. The van der Waals surface area contributed by atoms with Crippen LogP contribution in [0.15, 0.2) is 55.0 Å². The highest BCUT2D eigenvalue weighted by molar-refractivity contribution is 5.95. The van der Waals surface area contributed by atoms with E-state index in [1.807, 2.05) is 42.5 Å². The van der Waals surface area contributed by atoms with Crippen LogP contribution in [0.1, 0.15) is 19.3 Å². The van der Waals surface area contributed by atoms with E-state index in [1.54, 1.807) is 13.3 Å². The van der Waals surface area contributed by atoms with Crippen molar-refractivity contribution in [1.82, 2.24) is 20.3 Å². The molecule has 8 heteroatoms. The maximum atomic E-state index is 12.5. The van der Waals surface area contributed by atoms with Gasteiger partial charge in [0.1, 0.15) is 12.1 Å². The fourth-order valence-electron chi connectivity index (χ4n) is 3.45. The number of nitrogens with one attached hydrogen (secondary N) is 3. The molecule has 1 aliphatic heterocycles. The maximum absolute atomic E-state index is 12.5. The number of anilines is 3. The fourth-order valence-corrected chi connectivity index (χ4v) is 3.45. The summed E-state index contributed by atoms with van der Waals surface area (Å²) < 4.78 is 5.32. The number of methoxy groups -OCH3 is 1. The van der Waals surface area contributed by atoms with E-state index in [0.29, 0.717) is 17.4 Å². The third kappa shape index (κ3) is 4.72. The van der Waals surface area contributed by atoms with Crippen LogP contribution in [0.5, 0.6) is 5.88 Å². The molecule has 0 bridgehead atoms. The lowest BCUT2D eigenvalue weighted by Crippen LogP contribution is -2.43. The predicted molar refractivity (Wildman–Crippen MR) is 116 cm³/mol. The summed E-state index contributed by atoms with van der Waals surface area (Å²) >= 11 is 0. The maximum Gasteiger partial charge on any atom is 0.241 e. The van der Waals surface area contributed by atoms with Gasteiger partial charge >= 0.3 is 0 Å². The molecule has 3 aromatic rings. The van der Waals surface area contributed by atoms with E-state index < -0.39 is 0 Å². The number of carbonyl (C=O) groups is 1. The van der Waals surface area contributed by atoms with E-state index in [4.69, 9.17) is 4.74 Å². The average molecular weight is 404 g/mol. The van der Waals surface area contributed by atoms with E-state index in [1.165, 1.54) is 6.33 Å². The molecule has 1 atom stereocenters. The molecule has 2 aromatic heterocycles. The summed E-state index contributed by atoms with van der Waals surface area (Å²) in [6, 6.07) is 13.0. The highest BCUT2D eigenvalue weighted by Crippen LogP contribution is 2.28. The molecule has 0 spiro atoms. The van der Waals surface area contributed by atoms with Crippen LogP contribution >= 0.6 is 0 Å². The Morgan fingerprint density at radius 3 is 2.83 bits per heavy atom. The minimum Gasteiger partial charge on any atom is -0.481 e. The van der Waals surface area contributed by atoms with Crippen molar-refractivity contribution in [1.29, 1.82) is 0 Å². The number of hydrogen-bond donors (Lipinski definition) is 3. The van der Waals surface area contributed by atoms with E-state index in [2.05, 4.69) is 30.9 Å². The molecular formula is C22H24N6O2. The molecule has 8 nitrogen and oxygen atoms in total. The Balaban J connectivity index is 1.48. The van der Waals surface area contributed by atoms with Crippen molar-refractivity contribution in [2.24, 2.45) is 0 Å². The van der Waals surface area contributed by atoms with Crippen LogP contribution in [-0.2, 0) is 4.79 Å². The summed E-state index contributed by atoms with van der Waals surface area (Å²) in [5.41, 5.74) is 3.03. The molecule has 3 N–H and O–H groups in total. The quantitative estimate of drug-likeness (QED) is 0.579. The molecule has 3 heterocycles. The monoisotopic (exact) mass is 404 g/mol. The van der Waals surface area contributed by atoms with E-state index >= 15 is 0 Å². The summed E-state index contributed by atoms with van der Waals surface area (Å²) in [7, 11) is 1.58. The number of ether oxygens (including phenoxy) is 1. The van der Waals surface area contributed by atoms with Crippen molar-refractivity contribution in [3.8, 4) is 17.1 Å². The van der Waals surface area contributed by atoms with E-state index in [9.17, 15) is 4.79 Å². The topological polar surface area (TPSA) is 101 Å². The van der Waals surface area contributed by atoms with E-state index in [-0.39, 0.29) is 11.9 Å². The third-order valence-electron chi connectivity index (χ3n) is 4.94. The van der Waals surface area contributed by atoms with Crippen LogP contribution in [0, 0.1) is 0 Å². The zero-order valence-electron chi connectivity index (χ0n) is 16.8. The number of amides is 1.